The van der Waals surface area contributed by atoms with Gasteiger partial charge in [-0.1, -0.05) is 18.2 Å². The molecule has 1 unspecified atom stereocenters. The van der Waals surface area contributed by atoms with Crippen LogP contribution in [0.2, 0.25) is 0 Å². The number of nitrogens with one attached hydrogen (secondary N) is 1. The van der Waals surface area contributed by atoms with Crippen molar-refractivity contribution < 1.29 is 32.6 Å². The molecule has 2 heterocycles. The van der Waals surface area contributed by atoms with E-state index in [1.54, 1.807) is 34.1 Å². The van der Waals surface area contributed by atoms with E-state index >= 15 is 0 Å². The zero-order valence-electron chi connectivity index (χ0n) is 19.6. The number of amides is 3. The van der Waals surface area contributed by atoms with Crippen LogP contribution in [0.25, 0.3) is 0 Å². The largest absolute Gasteiger partial charge is 0.493 e. The van der Waals surface area contributed by atoms with Gasteiger partial charge in [0.1, 0.15) is 5.66 Å². The van der Waals surface area contributed by atoms with E-state index < -0.39 is 12.3 Å². The van der Waals surface area contributed by atoms with Crippen LogP contribution in [-0.2, 0) is 16.1 Å². The first kappa shape index (κ1) is 24.4. The Morgan fingerprint density at radius 3 is 2.69 bits per heavy atom. The van der Waals surface area contributed by atoms with Gasteiger partial charge in [0.05, 0.1) is 18.4 Å². The first-order valence-electron chi connectivity index (χ1n) is 11.4. The van der Waals surface area contributed by atoms with E-state index in [2.05, 4.69) is 10.1 Å². The number of nitrogens with zero attached hydrogens (tertiary/aromatic N) is 2. The zero-order chi connectivity index (χ0) is 25.2. The van der Waals surface area contributed by atoms with Crippen molar-refractivity contribution in [1.29, 1.82) is 0 Å². The van der Waals surface area contributed by atoms with Crippen molar-refractivity contribution in [3.8, 4) is 11.5 Å². The predicted octanol–water partition coefficient (Wildman–Crippen LogP) is 3.69. The molecule has 1 N–H and O–H groups in total. The Kier molecular flexibility index (Phi) is 6.90. The standard InChI is InChI=1S/C25H27F2N3O5/c1-25-12-11-22(32)30(25)18-7-4-3-6-17(18)23(33)29(25)13-5-8-21(31)28-15-16-9-10-19(35-24(26)27)20(14-16)34-2/h3-4,6-7,9-10,14,24H,5,8,11-13,15H2,1-2H3,(H,28,31). The molecular formula is C25H27F2N3O5. The minimum absolute atomic E-state index is 0.0180. The van der Waals surface area contributed by atoms with Crippen molar-refractivity contribution in [2.75, 3.05) is 18.6 Å². The number of carbonyl (C=O) groups is 3. The second-order valence-corrected chi connectivity index (χ2v) is 8.66. The van der Waals surface area contributed by atoms with Crippen molar-refractivity contribution in [3.05, 3.63) is 53.6 Å². The molecule has 2 aromatic carbocycles. The molecule has 1 atom stereocenters. The Labute approximate surface area is 201 Å². The van der Waals surface area contributed by atoms with Gasteiger partial charge >= 0.3 is 6.61 Å². The van der Waals surface area contributed by atoms with E-state index in [4.69, 9.17) is 4.74 Å². The van der Waals surface area contributed by atoms with Gasteiger partial charge in [-0.05, 0) is 49.6 Å². The quantitative estimate of drug-likeness (QED) is 0.583. The van der Waals surface area contributed by atoms with E-state index in [-0.39, 0.29) is 42.2 Å². The Balaban J connectivity index is 1.35. The van der Waals surface area contributed by atoms with Crippen LogP contribution in [0.3, 0.4) is 0 Å². The molecule has 0 bridgehead atoms. The molecule has 35 heavy (non-hydrogen) atoms. The number of methoxy groups -OCH3 is 1. The van der Waals surface area contributed by atoms with Gasteiger partial charge in [0.2, 0.25) is 11.8 Å². The summed E-state index contributed by atoms with van der Waals surface area (Å²) in [7, 11) is 1.34. The topological polar surface area (TPSA) is 88.2 Å². The first-order chi connectivity index (χ1) is 16.7. The van der Waals surface area contributed by atoms with E-state index in [0.717, 1.165) is 0 Å². The molecule has 0 aliphatic carbocycles. The van der Waals surface area contributed by atoms with Crippen LogP contribution < -0.4 is 19.7 Å². The molecule has 1 saturated heterocycles. The smallest absolute Gasteiger partial charge is 0.387 e. The highest BCUT2D eigenvalue weighted by molar-refractivity contribution is 6.10. The van der Waals surface area contributed by atoms with Crippen LogP contribution in [0.4, 0.5) is 14.5 Å². The number of carbonyl (C=O) groups excluding carboxylic acids is 3. The molecule has 1 fully saturated rings. The fourth-order valence-electron chi connectivity index (χ4n) is 4.74. The summed E-state index contributed by atoms with van der Waals surface area (Å²) in [6.07, 6.45) is 1.49. The van der Waals surface area contributed by atoms with Gasteiger partial charge in [-0.15, -0.1) is 0 Å². The third-order valence-corrected chi connectivity index (χ3v) is 6.46. The Hall–Kier alpha value is -3.69. The summed E-state index contributed by atoms with van der Waals surface area (Å²) < 4.78 is 34.4. The highest BCUT2D eigenvalue weighted by Gasteiger charge is 2.52. The average molecular weight is 488 g/mol. The molecule has 8 nitrogen and oxygen atoms in total. The Morgan fingerprint density at radius 1 is 1.17 bits per heavy atom. The predicted molar refractivity (Wildman–Crippen MR) is 123 cm³/mol. The lowest BCUT2D eigenvalue weighted by Gasteiger charge is -2.48. The number of benzene rings is 2. The fraction of sp³-hybridized carbons (Fsp3) is 0.400. The second kappa shape index (κ2) is 9.89. The average Bonchev–Trinajstić information content (AvgIpc) is 3.15. The molecule has 0 radical (unpaired) electrons. The maximum Gasteiger partial charge on any atom is 0.387 e. The molecule has 0 spiro atoms. The van der Waals surface area contributed by atoms with E-state index in [9.17, 15) is 23.2 Å². The third-order valence-electron chi connectivity index (χ3n) is 6.46. The van der Waals surface area contributed by atoms with Crippen LogP contribution in [0.5, 0.6) is 11.5 Å². The Morgan fingerprint density at radius 2 is 1.94 bits per heavy atom. The molecule has 10 heteroatoms. The maximum absolute atomic E-state index is 13.2. The molecule has 186 valence electrons. The fourth-order valence-corrected chi connectivity index (χ4v) is 4.74. The molecule has 4 rings (SSSR count). The molecular weight excluding hydrogens is 460 g/mol. The van der Waals surface area contributed by atoms with Crippen molar-refractivity contribution in [1.82, 2.24) is 10.2 Å². The van der Waals surface area contributed by atoms with Crippen LogP contribution in [-0.4, -0.2) is 48.6 Å². The van der Waals surface area contributed by atoms with Gasteiger partial charge in [-0.2, -0.15) is 8.78 Å². The van der Waals surface area contributed by atoms with Gasteiger partial charge in [0.25, 0.3) is 5.91 Å². The molecule has 2 aliphatic rings. The summed E-state index contributed by atoms with van der Waals surface area (Å²) >= 11 is 0. The first-order valence-corrected chi connectivity index (χ1v) is 11.4. The van der Waals surface area contributed by atoms with Gasteiger partial charge in [-0.25, -0.2) is 0 Å². The van der Waals surface area contributed by atoms with Crippen LogP contribution >= 0.6 is 0 Å². The summed E-state index contributed by atoms with van der Waals surface area (Å²) in [4.78, 5) is 41.7. The number of ether oxygens (including phenoxy) is 2. The number of halogens is 2. The van der Waals surface area contributed by atoms with E-state index in [1.807, 2.05) is 13.0 Å². The van der Waals surface area contributed by atoms with Crippen molar-refractivity contribution in [2.24, 2.45) is 0 Å². The minimum atomic E-state index is -2.97. The minimum Gasteiger partial charge on any atom is -0.493 e. The van der Waals surface area contributed by atoms with Crippen molar-refractivity contribution in [3.63, 3.8) is 0 Å². The normalized spacial score (nSPS) is 19.0. The highest BCUT2D eigenvalue weighted by atomic mass is 19.3. The lowest BCUT2D eigenvalue weighted by molar-refractivity contribution is -0.121. The number of alkyl halides is 2. The summed E-state index contributed by atoms with van der Waals surface area (Å²) in [6.45, 7) is -0.568. The second-order valence-electron chi connectivity index (χ2n) is 8.66. The number of rotatable bonds is 9. The number of hydrogen-bond acceptors (Lipinski definition) is 5. The Bertz CT molecular complexity index is 1140. The summed E-state index contributed by atoms with van der Waals surface area (Å²) in [6, 6.07) is 11.5. The maximum atomic E-state index is 13.2. The molecule has 2 aliphatic heterocycles. The molecule has 0 aromatic heterocycles. The monoisotopic (exact) mass is 487 g/mol. The molecule has 3 amide bonds. The summed E-state index contributed by atoms with van der Waals surface area (Å²) in [5.41, 5.74) is 1.03. The third kappa shape index (κ3) is 4.78. The number of anilines is 1. The molecule has 2 aromatic rings. The number of fused-ring (bicyclic) bond motifs is 3. The van der Waals surface area contributed by atoms with E-state index in [1.165, 1.54) is 19.2 Å². The van der Waals surface area contributed by atoms with Gasteiger partial charge in [-0.3, -0.25) is 19.3 Å². The van der Waals surface area contributed by atoms with E-state index in [0.29, 0.717) is 42.6 Å². The van der Waals surface area contributed by atoms with Gasteiger partial charge in [0, 0.05) is 25.9 Å². The molecule has 0 saturated carbocycles. The number of para-hydroxylation sites is 1. The van der Waals surface area contributed by atoms with Crippen molar-refractivity contribution in [2.45, 2.75) is 51.4 Å². The summed E-state index contributed by atoms with van der Waals surface area (Å²) in [5.74, 6) is -0.322. The van der Waals surface area contributed by atoms with Gasteiger partial charge in [0.15, 0.2) is 11.5 Å². The van der Waals surface area contributed by atoms with Crippen LogP contribution in [0, 0.1) is 0 Å². The summed E-state index contributed by atoms with van der Waals surface area (Å²) in [5, 5.41) is 2.79. The lowest BCUT2D eigenvalue weighted by atomic mass is 9.98. The van der Waals surface area contributed by atoms with Crippen molar-refractivity contribution >= 4 is 23.4 Å². The van der Waals surface area contributed by atoms with Crippen LogP contribution in [0.15, 0.2) is 42.5 Å². The lowest BCUT2D eigenvalue weighted by Crippen LogP contribution is -2.62. The highest BCUT2D eigenvalue weighted by Crippen LogP contribution is 2.44. The SMILES string of the molecule is COc1cc(CNC(=O)CCCN2C(=O)c3ccccc3N3C(=O)CCC23C)ccc1OC(F)F. The van der Waals surface area contributed by atoms with Gasteiger partial charge < -0.3 is 19.7 Å². The number of hydrogen-bond donors (Lipinski definition) is 1. The zero-order valence-corrected chi connectivity index (χ0v) is 19.6. The van der Waals surface area contributed by atoms with Crippen LogP contribution in [0.1, 0.15) is 48.5 Å².